The van der Waals surface area contributed by atoms with Crippen LogP contribution in [-0.4, -0.2) is 13.4 Å². The number of hydrogen-bond acceptors (Lipinski definition) is 2. The molecule has 0 saturated carbocycles. The summed E-state index contributed by atoms with van der Waals surface area (Å²) in [4.78, 5) is 0. The van der Waals surface area contributed by atoms with Crippen molar-refractivity contribution >= 4 is 8.32 Å². The molecule has 0 saturated heterocycles. The Morgan fingerprint density at radius 3 is 2.22 bits per heavy atom. The topological polar surface area (TPSA) is 29.5 Å². The van der Waals surface area contributed by atoms with E-state index < -0.39 is 8.32 Å². The highest BCUT2D eigenvalue weighted by Gasteiger charge is 2.38. The Balaban J connectivity index is 2.99. The fraction of sp³-hybridized carbons (Fsp3) is 0.600. The first-order valence-corrected chi connectivity index (χ1v) is 9.53. The zero-order valence-electron chi connectivity index (χ0n) is 12.5. The molecule has 0 aromatic heterocycles. The third-order valence-corrected chi connectivity index (χ3v) is 8.27. The minimum atomic E-state index is -1.77. The monoisotopic (exact) mass is 266 g/mol. The second-order valence-electron chi connectivity index (χ2n) is 6.30. The van der Waals surface area contributed by atoms with Crippen LogP contribution in [0.15, 0.2) is 18.2 Å². The minimum Gasteiger partial charge on any atom is -0.543 e. The molecule has 0 atom stereocenters. The van der Waals surface area contributed by atoms with Crippen LogP contribution in [0.25, 0.3) is 0 Å². The third kappa shape index (κ3) is 3.36. The van der Waals surface area contributed by atoms with Crippen LogP contribution in [-0.2, 0) is 13.0 Å². The SMILES string of the molecule is CCc1cc(O[Si](C)(C)C(C)(C)C)ccc1CO. The van der Waals surface area contributed by atoms with E-state index in [1.807, 2.05) is 12.1 Å². The smallest absolute Gasteiger partial charge is 0.250 e. The van der Waals surface area contributed by atoms with Crippen LogP contribution in [0.1, 0.15) is 38.8 Å². The van der Waals surface area contributed by atoms with Gasteiger partial charge in [-0.3, -0.25) is 0 Å². The Labute approximate surface area is 112 Å². The summed E-state index contributed by atoms with van der Waals surface area (Å²) in [6.45, 7) is 13.4. The first-order chi connectivity index (χ1) is 8.21. The lowest BCUT2D eigenvalue weighted by Crippen LogP contribution is -2.43. The molecule has 0 aliphatic carbocycles. The van der Waals surface area contributed by atoms with Crippen molar-refractivity contribution in [3.05, 3.63) is 29.3 Å². The van der Waals surface area contributed by atoms with E-state index in [1.165, 1.54) is 5.56 Å². The van der Waals surface area contributed by atoms with Crippen LogP contribution in [0.4, 0.5) is 0 Å². The van der Waals surface area contributed by atoms with Gasteiger partial charge in [0.2, 0.25) is 8.32 Å². The molecule has 18 heavy (non-hydrogen) atoms. The first kappa shape index (κ1) is 15.3. The van der Waals surface area contributed by atoms with Gasteiger partial charge < -0.3 is 9.53 Å². The lowest BCUT2D eigenvalue weighted by atomic mass is 10.1. The summed E-state index contributed by atoms with van der Waals surface area (Å²) >= 11 is 0. The molecule has 3 heteroatoms. The lowest BCUT2D eigenvalue weighted by molar-refractivity contribution is 0.280. The molecular weight excluding hydrogens is 240 g/mol. The van der Waals surface area contributed by atoms with Gasteiger partial charge in [0, 0.05) is 0 Å². The van der Waals surface area contributed by atoms with Crippen molar-refractivity contribution in [3.63, 3.8) is 0 Å². The number of aliphatic hydroxyl groups excluding tert-OH is 1. The van der Waals surface area contributed by atoms with Crippen LogP contribution >= 0.6 is 0 Å². The molecule has 0 heterocycles. The van der Waals surface area contributed by atoms with Gasteiger partial charge in [0.1, 0.15) is 5.75 Å². The fourth-order valence-electron chi connectivity index (χ4n) is 1.60. The Morgan fingerprint density at radius 2 is 1.78 bits per heavy atom. The highest BCUT2D eigenvalue weighted by atomic mass is 28.4. The maximum Gasteiger partial charge on any atom is 0.250 e. The Kier molecular flexibility index (Phi) is 4.62. The van der Waals surface area contributed by atoms with E-state index in [1.54, 1.807) is 0 Å². The summed E-state index contributed by atoms with van der Waals surface area (Å²) in [6.07, 6.45) is 0.921. The Morgan fingerprint density at radius 1 is 1.17 bits per heavy atom. The lowest BCUT2D eigenvalue weighted by Gasteiger charge is -2.36. The van der Waals surface area contributed by atoms with E-state index >= 15 is 0 Å². The second kappa shape index (κ2) is 5.45. The number of aliphatic hydroxyl groups is 1. The summed E-state index contributed by atoms with van der Waals surface area (Å²) in [7, 11) is -1.77. The zero-order chi connectivity index (χ0) is 14.0. The van der Waals surface area contributed by atoms with Gasteiger partial charge >= 0.3 is 0 Å². The van der Waals surface area contributed by atoms with Gasteiger partial charge in [0.05, 0.1) is 6.61 Å². The minimum absolute atomic E-state index is 0.101. The van der Waals surface area contributed by atoms with E-state index in [9.17, 15) is 5.11 Å². The summed E-state index contributed by atoms with van der Waals surface area (Å²) in [5.74, 6) is 0.940. The summed E-state index contributed by atoms with van der Waals surface area (Å²) in [5, 5.41) is 9.47. The molecule has 2 nitrogen and oxygen atoms in total. The van der Waals surface area contributed by atoms with E-state index in [0.29, 0.717) is 0 Å². The van der Waals surface area contributed by atoms with Crippen molar-refractivity contribution in [2.45, 2.75) is 58.9 Å². The maximum atomic E-state index is 9.27. The number of rotatable bonds is 4. The number of hydrogen-bond donors (Lipinski definition) is 1. The third-order valence-electron chi connectivity index (χ3n) is 3.91. The molecule has 0 aliphatic heterocycles. The van der Waals surface area contributed by atoms with Crippen LogP contribution in [0.5, 0.6) is 5.75 Å². The highest BCUT2D eigenvalue weighted by molar-refractivity contribution is 6.74. The van der Waals surface area contributed by atoms with Crippen molar-refractivity contribution < 1.29 is 9.53 Å². The van der Waals surface area contributed by atoms with E-state index in [-0.39, 0.29) is 11.6 Å². The second-order valence-corrected chi connectivity index (χ2v) is 11.0. The Hall–Kier alpha value is -0.803. The molecule has 1 aromatic carbocycles. The molecule has 1 rings (SSSR count). The summed E-state index contributed by atoms with van der Waals surface area (Å²) in [6, 6.07) is 6.03. The van der Waals surface area contributed by atoms with Gasteiger partial charge in [-0.1, -0.05) is 33.8 Å². The van der Waals surface area contributed by atoms with Crippen LogP contribution in [0.2, 0.25) is 18.1 Å². The maximum absolute atomic E-state index is 9.27. The van der Waals surface area contributed by atoms with Gasteiger partial charge in [0.25, 0.3) is 0 Å². The molecule has 1 aromatic rings. The van der Waals surface area contributed by atoms with Crippen LogP contribution < -0.4 is 4.43 Å². The van der Waals surface area contributed by atoms with Crippen molar-refractivity contribution in [1.82, 2.24) is 0 Å². The predicted octanol–water partition coefficient (Wildman–Crippen LogP) is 4.13. The number of aryl methyl sites for hydroxylation is 1. The average molecular weight is 266 g/mol. The molecule has 0 radical (unpaired) electrons. The molecular formula is C15H26O2Si. The standard InChI is InChI=1S/C15H26O2Si/c1-7-12-10-14(9-8-13(12)11-16)17-18(5,6)15(2,3)4/h8-10,16H,7,11H2,1-6H3. The molecule has 0 unspecified atom stereocenters. The molecule has 0 amide bonds. The van der Waals surface area contributed by atoms with Gasteiger partial charge in [-0.2, -0.15) is 0 Å². The van der Waals surface area contributed by atoms with Gasteiger partial charge in [-0.15, -0.1) is 0 Å². The highest BCUT2D eigenvalue weighted by Crippen LogP contribution is 2.37. The number of benzene rings is 1. The molecule has 0 spiro atoms. The fourth-order valence-corrected chi connectivity index (χ4v) is 2.62. The van der Waals surface area contributed by atoms with E-state index in [0.717, 1.165) is 17.7 Å². The van der Waals surface area contributed by atoms with Gasteiger partial charge in [-0.05, 0) is 47.8 Å². The van der Waals surface area contributed by atoms with Crippen molar-refractivity contribution in [1.29, 1.82) is 0 Å². The predicted molar refractivity (Wildman–Crippen MR) is 79.6 cm³/mol. The summed E-state index contributed by atoms with van der Waals surface area (Å²) in [5.41, 5.74) is 2.17. The molecule has 0 bridgehead atoms. The van der Waals surface area contributed by atoms with Gasteiger partial charge in [-0.25, -0.2) is 0 Å². The molecule has 1 N–H and O–H groups in total. The van der Waals surface area contributed by atoms with Crippen LogP contribution in [0, 0.1) is 0 Å². The zero-order valence-corrected chi connectivity index (χ0v) is 13.5. The largest absolute Gasteiger partial charge is 0.543 e. The normalized spacial score (nSPS) is 12.6. The van der Waals surface area contributed by atoms with E-state index in [4.69, 9.17) is 4.43 Å². The first-order valence-electron chi connectivity index (χ1n) is 6.63. The van der Waals surface area contributed by atoms with Crippen molar-refractivity contribution in [2.24, 2.45) is 0 Å². The quantitative estimate of drug-likeness (QED) is 0.831. The van der Waals surface area contributed by atoms with Gasteiger partial charge in [0.15, 0.2) is 0 Å². The molecule has 0 aliphatic rings. The van der Waals surface area contributed by atoms with E-state index in [2.05, 4.69) is 46.9 Å². The molecule has 102 valence electrons. The average Bonchev–Trinajstić information content (AvgIpc) is 2.26. The summed E-state index contributed by atoms with van der Waals surface area (Å²) < 4.78 is 6.27. The van der Waals surface area contributed by atoms with Crippen molar-refractivity contribution in [3.8, 4) is 5.75 Å². The van der Waals surface area contributed by atoms with Crippen molar-refractivity contribution in [2.75, 3.05) is 0 Å². The molecule has 0 fully saturated rings. The van der Waals surface area contributed by atoms with Crippen LogP contribution in [0.3, 0.4) is 0 Å². The Bertz CT molecular complexity index is 405.